The van der Waals surface area contributed by atoms with Gasteiger partial charge in [0.1, 0.15) is 17.3 Å². The third-order valence-electron chi connectivity index (χ3n) is 5.80. The Hall–Kier alpha value is -3.05. The van der Waals surface area contributed by atoms with Crippen LogP contribution in [0.15, 0.2) is 54.6 Å². The summed E-state index contributed by atoms with van der Waals surface area (Å²) in [6, 6.07) is 15.4. The van der Waals surface area contributed by atoms with Crippen molar-refractivity contribution in [3.8, 4) is 11.5 Å². The number of phenolic OH excluding ortho intramolecular Hbond substituents is 1. The quantitative estimate of drug-likeness (QED) is 0.529. The lowest BCUT2D eigenvalue weighted by atomic mass is 9.96. The predicted octanol–water partition coefficient (Wildman–Crippen LogP) is 5.29. The summed E-state index contributed by atoms with van der Waals surface area (Å²) in [6.07, 6.45) is 2.15. The van der Waals surface area contributed by atoms with Crippen LogP contribution in [0.4, 0.5) is 4.39 Å². The minimum Gasteiger partial charge on any atom is -0.508 e. The van der Waals surface area contributed by atoms with Gasteiger partial charge in [-0.15, -0.1) is 0 Å². The van der Waals surface area contributed by atoms with E-state index in [-0.39, 0.29) is 24.1 Å². The van der Waals surface area contributed by atoms with Crippen LogP contribution >= 0.6 is 11.6 Å². The number of ether oxygens (including phenoxy) is 1. The maximum atomic E-state index is 13.2. The maximum Gasteiger partial charge on any atom is 0.260 e. The zero-order chi connectivity index (χ0) is 22.7. The van der Waals surface area contributed by atoms with Gasteiger partial charge < -0.3 is 14.7 Å². The number of hydrogen-bond donors (Lipinski definition) is 1. The first-order valence-corrected chi connectivity index (χ1v) is 11.0. The molecule has 32 heavy (non-hydrogen) atoms. The summed E-state index contributed by atoms with van der Waals surface area (Å²) in [5.74, 6) is 0.491. The second kappa shape index (κ2) is 9.61. The average molecular weight is 454 g/mol. The van der Waals surface area contributed by atoms with Gasteiger partial charge in [0, 0.05) is 24.5 Å². The van der Waals surface area contributed by atoms with E-state index in [1.165, 1.54) is 12.1 Å². The van der Waals surface area contributed by atoms with Crippen molar-refractivity contribution in [1.29, 1.82) is 0 Å². The second-order valence-corrected chi connectivity index (χ2v) is 8.57. The van der Waals surface area contributed by atoms with E-state index in [4.69, 9.17) is 16.3 Å². The molecule has 0 atom stereocenters. The molecule has 0 unspecified atom stereocenters. The fourth-order valence-electron chi connectivity index (χ4n) is 3.77. The number of benzene rings is 3. The van der Waals surface area contributed by atoms with E-state index in [0.717, 1.165) is 47.3 Å². The van der Waals surface area contributed by atoms with Crippen molar-refractivity contribution in [3.63, 3.8) is 0 Å². The monoisotopic (exact) mass is 453 g/mol. The topological polar surface area (TPSA) is 49.8 Å². The van der Waals surface area contributed by atoms with Crippen molar-refractivity contribution in [2.75, 3.05) is 19.7 Å². The van der Waals surface area contributed by atoms with Gasteiger partial charge >= 0.3 is 0 Å². The van der Waals surface area contributed by atoms with Crippen molar-refractivity contribution in [2.45, 2.75) is 26.2 Å². The van der Waals surface area contributed by atoms with Crippen LogP contribution in [0.3, 0.4) is 0 Å². The van der Waals surface area contributed by atoms with Crippen LogP contribution in [0.1, 0.15) is 34.2 Å². The van der Waals surface area contributed by atoms with Crippen molar-refractivity contribution < 1.29 is 19.0 Å². The molecular formula is C26H25ClFNO3. The first-order valence-electron chi connectivity index (χ1n) is 10.6. The molecule has 1 aliphatic rings. The van der Waals surface area contributed by atoms with E-state index >= 15 is 0 Å². The van der Waals surface area contributed by atoms with Crippen LogP contribution in [0.5, 0.6) is 11.5 Å². The Labute approximate surface area is 192 Å². The molecule has 3 aromatic rings. The predicted molar refractivity (Wildman–Crippen MR) is 123 cm³/mol. The number of likely N-dealkylation sites (tertiary alicyclic amines) is 1. The molecule has 1 aliphatic heterocycles. The summed E-state index contributed by atoms with van der Waals surface area (Å²) < 4.78 is 18.8. The van der Waals surface area contributed by atoms with Crippen LogP contribution in [0.25, 0.3) is 0 Å². The second-order valence-electron chi connectivity index (χ2n) is 8.17. The number of aromatic hydroxyl groups is 1. The van der Waals surface area contributed by atoms with Gasteiger partial charge in [0.15, 0.2) is 6.61 Å². The van der Waals surface area contributed by atoms with E-state index in [0.29, 0.717) is 23.6 Å². The minimum absolute atomic E-state index is 0.00752. The molecule has 1 heterocycles. The number of carbonyl (C=O) groups is 1. The summed E-state index contributed by atoms with van der Waals surface area (Å²) in [5.41, 5.74) is 4.63. The lowest BCUT2D eigenvalue weighted by Gasteiger charge is -2.30. The lowest BCUT2D eigenvalue weighted by Crippen LogP contribution is -2.44. The van der Waals surface area contributed by atoms with Crippen molar-refractivity contribution >= 4 is 17.5 Å². The zero-order valence-electron chi connectivity index (χ0n) is 17.9. The third-order valence-corrected chi connectivity index (χ3v) is 6.13. The molecule has 1 N–H and O–H groups in total. The summed E-state index contributed by atoms with van der Waals surface area (Å²) in [4.78, 5) is 13.8. The SMILES string of the molecule is Cc1cc(OCC(=O)N2CCC2)cc(Cl)c1Cc1ccc(O)c(Cc2ccc(F)cc2)c1. The van der Waals surface area contributed by atoms with Gasteiger partial charge in [-0.1, -0.05) is 35.9 Å². The summed E-state index contributed by atoms with van der Waals surface area (Å²) in [7, 11) is 0. The van der Waals surface area contributed by atoms with E-state index < -0.39 is 0 Å². The number of halogens is 2. The highest BCUT2D eigenvalue weighted by molar-refractivity contribution is 6.31. The molecule has 0 saturated carbocycles. The Balaban J connectivity index is 1.47. The van der Waals surface area contributed by atoms with E-state index in [1.54, 1.807) is 29.2 Å². The van der Waals surface area contributed by atoms with Crippen LogP contribution in [0.2, 0.25) is 5.02 Å². The molecule has 6 heteroatoms. The number of nitrogens with zero attached hydrogens (tertiary/aromatic N) is 1. The molecule has 0 spiro atoms. The molecule has 1 saturated heterocycles. The molecule has 4 nitrogen and oxygen atoms in total. The van der Waals surface area contributed by atoms with E-state index in [9.17, 15) is 14.3 Å². The Morgan fingerprint density at radius 3 is 2.44 bits per heavy atom. The molecule has 0 bridgehead atoms. The van der Waals surface area contributed by atoms with Crippen molar-refractivity contribution in [1.82, 2.24) is 4.90 Å². The van der Waals surface area contributed by atoms with Gasteiger partial charge in [0.2, 0.25) is 0 Å². The first kappa shape index (κ1) is 22.2. The first-order chi connectivity index (χ1) is 15.4. The molecule has 166 valence electrons. The normalized spacial score (nSPS) is 13.0. The number of aryl methyl sites for hydroxylation is 1. The van der Waals surface area contributed by atoms with E-state index in [1.807, 2.05) is 25.1 Å². The van der Waals surface area contributed by atoms with Gasteiger partial charge in [0.25, 0.3) is 5.91 Å². The van der Waals surface area contributed by atoms with Crippen LogP contribution in [-0.4, -0.2) is 35.6 Å². The Bertz CT molecular complexity index is 1100. The summed E-state index contributed by atoms with van der Waals surface area (Å²) >= 11 is 6.56. The standard InChI is InChI=1S/C26H25ClFNO3/c1-17-11-22(32-16-26(31)29-9-2-10-29)15-24(27)23(17)14-19-5-8-25(30)20(13-19)12-18-3-6-21(28)7-4-18/h3-8,11,13,15,30H,2,9-10,12,14,16H2,1H3. The Morgan fingerprint density at radius 2 is 1.78 bits per heavy atom. The number of amides is 1. The summed E-state index contributed by atoms with van der Waals surface area (Å²) in [6.45, 7) is 3.58. The number of hydrogen-bond acceptors (Lipinski definition) is 3. The van der Waals surface area contributed by atoms with Gasteiger partial charge in [0.05, 0.1) is 0 Å². The van der Waals surface area contributed by atoms with Crippen molar-refractivity contribution in [2.24, 2.45) is 0 Å². The van der Waals surface area contributed by atoms with Gasteiger partial charge in [-0.3, -0.25) is 4.79 Å². The molecule has 1 amide bonds. The Kier molecular flexibility index (Phi) is 6.66. The highest BCUT2D eigenvalue weighted by Crippen LogP contribution is 2.30. The molecule has 4 rings (SSSR count). The average Bonchev–Trinajstić information content (AvgIpc) is 2.72. The van der Waals surface area contributed by atoms with E-state index in [2.05, 4.69) is 0 Å². The lowest BCUT2D eigenvalue weighted by molar-refractivity contribution is -0.136. The molecular weight excluding hydrogens is 429 g/mol. The molecule has 1 fully saturated rings. The summed E-state index contributed by atoms with van der Waals surface area (Å²) in [5, 5.41) is 10.9. The number of rotatable bonds is 7. The highest BCUT2D eigenvalue weighted by atomic mass is 35.5. The van der Waals surface area contributed by atoms with Gasteiger partial charge in [-0.25, -0.2) is 4.39 Å². The molecule has 0 radical (unpaired) electrons. The van der Waals surface area contributed by atoms with Gasteiger partial charge in [-0.05, 0) is 77.9 Å². The smallest absolute Gasteiger partial charge is 0.260 e. The zero-order valence-corrected chi connectivity index (χ0v) is 18.7. The fraction of sp³-hybridized carbons (Fsp3) is 0.269. The molecule has 0 aromatic heterocycles. The van der Waals surface area contributed by atoms with Crippen LogP contribution in [-0.2, 0) is 17.6 Å². The fourth-order valence-corrected chi connectivity index (χ4v) is 4.09. The molecule has 0 aliphatic carbocycles. The Morgan fingerprint density at radius 1 is 1.06 bits per heavy atom. The van der Waals surface area contributed by atoms with Crippen molar-refractivity contribution in [3.05, 3.63) is 93.3 Å². The van der Waals surface area contributed by atoms with Gasteiger partial charge in [-0.2, -0.15) is 0 Å². The molecule has 3 aromatic carbocycles. The van der Waals surface area contributed by atoms with Crippen LogP contribution in [0, 0.1) is 12.7 Å². The highest BCUT2D eigenvalue weighted by Gasteiger charge is 2.20. The van der Waals surface area contributed by atoms with Crippen LogP contribution < -0.4 is 4.74 Å². The number of carbonyl (C=O) groups excluding carboxylic acids is 1. The number of phenols is 1. The third kappa shape index (κ3) is 5.22. The maximum absolute atomic E-state index is 13.2. The minimum atomic E-state index is -0.283. The largest absolute Gasteiger partial charge is 0.508 e.